The Kier molecular flexibility index (Phi) is 3.94. The van der Waals surface area contributed by atoms with E-state index in [2.05, 4.69) is 20.9 Å². The van der Waals surface area contributed by atoms with Crippen molar-refractivity contribution < 1.29 is 9.53 Å². The number of amides is 1. The van der Waals surface area contributed by atoms with E-state index in [9.17, 15) is 4.79 Å². The summed E-state index contributed by atoms with van der Waals surface area (Å²) >= 11 is 0. The molecule has 2 N–H and O–H groups in total. The zero-order valence-electron chi connectivity index (χ0n) is 11.7. The molecule has 3 rings (SSSR count). The van der Waals surface area contributed by atoms with Crippen LogP contribution in [-0.2, 0) is 9.53 Å². The number of nitrogens with zero attached hydrogens (tertiary/aromatic N) is 3. The summed E-state index contributed by atoms with van der Waals surface area (Å²) < 4.78 is 6.88. The number of para-hydroxylation sites is 2. The molecule has 1 saturated heterocycles. The first-order chi connectivity index (χ1) is 10.3. The number of hydrogen-bond donors (Lipinski definition) is 2. The minimum Gasteiger partial charge on any atom is -0.380 e. The molecule has 1 fully saturated rings. The van der Waals surface area contributed by atoms with Crippen molar-refractivity contribution in [1.29, 1.82) is 0 Å². The van der Waals surface area contributed by atoms with E-state index in [1.807, 2.05) is 24.3 Å². The van der Waals surface area contributed by atoms with Crippen LogP contribution in [0.1, 0.15) is 6.42 Å². The van der Waals surface area contributed by atoms with Gasteiger partial charge in [-0.25, -0.2) is 4.68 Å². The Bertz CT molecular complexity index is 614. The summed E-state index contributed by atoms with van der Waals surface area (Å²) in [6.45, 7) is 0.694. The van der Waals surface area contributed by atoms with Gasteiger partial charge >= 0.3 is 0 Å². The van der Waals surface area contributed by atoms with Crippen LogP contribution in [0.3, 0.4) is 0 Å². The maximum absolute atomic E-state index is 12.3. The van der Waals surface area contributed by atoms with Crippen molar-refractivity contribution in [2.45, 2.75) is 18.6 Å². The largest absolute Gasteiger partial charge is 0.380 e. The molecule has 1 aromatic carbocycles. The summed E-state index contributed by atoms with van der Waals surface area (Å²) in [7, 11) is 1.66. The van der Waals surface area contributed by atoms with Crippen molar-refractivity contribution in [3.05, 3.63) is 36.7 Å². The zero-order chi connectivity index (χ0) is 14.7. The highest BCUT2D eigenvalue weighted by Crippen LogP contribution is 2.20. The summed E-state index contributed by atoms with van der Waals surface area (Å²) in [6.07, 6.45) is 4.10. The second-order valence-electron chi connectivity index (χ2n) is 4.91. The van der Waals surface area contributed by atoms with Crippen molar-refractivity contribution in [3.8, 4) is 5.69 Å². The monoisotopic (exact) mass is 287 g/mol. The topological polar surface area (TPSA) is 81.1 Å². The molecule has 2 unspecified atom stereocenters. The fourth-order valence-corrected chi connectivity index (χ4v) is 2.42. The summed E-state index contributed by atoms with van der Waals surface area (Å²) in [4.78, 5) is 12.3. The van der Waals surface area contributed by atoms with Crippen LogP contribution < -0.4 is 10.6 Å². The molecular weight excluding hydrogens is 270 g/mol. The molecule has 0 aliphatic carbocycles. The third-order valence-corrected chi connectivity index (χ3v) is 3.57. The molecule has 110 valence electrons. The number of methoxy groups -OCH3 is 1. The molecular formula is C14H17N5O2. The highest BCUT2D eigenvalue weighted by atomic mass is 16.5. The Hall–Kier alpha value is -2.25. The first-order valence-electron chi connectivity index (χ1n) is 6.80. The van der Waals surface area contributed by atoms with Gasteiger partial charge in [-0.2, -0.15) is 0 Å². The summed E-state index contributed by atoms with van der Waals surface area (Å²) in [5.74, 6) is -0.0675. The number of ether oxygens (including phenoxy) is 1. The Morgan fingerprint density at radius 2 is 2.33 bits per heavy atom. The lowest BCUT2D eigenvalue weighted by Gasteiger charge is -2.14. The van der Waals surface area contributed by atoms with Gasteiger partial charge in [0.2, 0.25) is 5.91 Å². The molecule has 2 atom stereocenters. The minimum atomic E-state index is -0.237. The number of carbonyl (C=O) groups is 1. The molecule has 0 bridgehead atoms. The Labute approximate surface area is 122 Å². The standard InChI is InChI=1S/C14H17N5O2/c1-21-10-8-12(15-9-10)14(20)17-11-4-2-3-5-13(11)19-7-6-16-18-19/h2-7,10,12,15H,8-9H2,1H3,(H,17,20). The van der Waals surface area contributed by atoms with Gasteiger partial charge in [-0.15, -0.1) is 5.10 Å². The van der Waals surface area contributed by atoms with Crippen molar-refractivity contribution in [3.63, 3.8) is 0 Å². The van der Waals surface area contributed by atoms with Crippen LogP contribution >= 0.6 is 0 Å². The van der Waals surface area contributed by atoms with Gasteiger partial charge in [-0.1, -0.05) is 17.3 Å². The molecule has 21 heavy (non-hydrogen) atoms. The summed E-state index contributed by atoms with van der Waals surface area (Å²) in [6, 6.07) is 7.25. The lowest BCUT2D eigenvalue weighted by Crippen LogP contribution is -2.35. The highest BCUT2D eigenvalue weighted by Gasteiger charge is 2.29. The highest BCUT2D eigenvalue weighted by molar-refractivity contribution is 5.96. The molecule has 1 amide bonds. The van der Waals surface area contributed by atoms with Gasteiger partial charge in [0.05, 0.1) is 35.9 Å². The third kappa shape index (κ3) is 2.93. The van der Waals surface area contributed by atoms with E-state index in [4.69, 9.17) is 4.74 Å². The van der Waals surface area contributed by atoms with E-state index >= 15 is 0 Å². The first kappa shape index (κ1) is 13.7. The van der Waals surface area contributed by atoms with Crippen molar-refractivity contribution in [1.82, 2.24) is 20.3 Å². The average molecular weight is 287 g/mol. The van der Waals surface area contributed by atoms with Gasteiger partial charge in [0.15, 0.2) is 0 Å². The van der Waals surface area contributed by atoms with Gasteiger partial charge in [-0.3, -0.25) is 4.79 Å². The Morgan fingerprint density at radius 1 is 1.48 bits per heavy atom. The maximum Gasteiger partial charge on any atom is 0.241 e. The second-order valence-corrected chi connectivity index (χ2v) is 4.91. The van der Waals surface area contributed by atoms with Gasteiger partial charge in [0.1, 0.15) is 0 Å². The normalized spacial score (nSPS) is 21.4. The number of anilines is 1. The molecule has 7 nitrogen and oxygen atoms in total. The number of aromatic nitrogens is 3. The van der Waals surface area contributed by atoms with Crippen LogP contribution in [-0.4, -0.2) is 46.7 Å². The quantitative estimate of drug-likeness (QED) is 0.860. The lowest BCUT2D eigenvalue weighted by molar-refractivity contribution is -0.118. The van der Waals surface area contributed by atoms with Crippen LogP contribution in [0.15, 0.2) is 36.7 Å². The van der Waals surface area contributed by atoms with E-state index in [1.165, 1.54) is 0 Å². The van der Waals surface area contributed by atoms with Crippen LogP contribution in [0.4, 0.5) is 5.69 Å². The molecule has 0 spiro atoms. The number of hydrogen-bond acceptors (Lipinski definition) is 5. The van der Waals surface area contributed by atoms with Crippen molar-refractivity contribution in [2.24, 2.45) is 0 Å². The zero-order valence-corrected chi connectivity index (χ0v) is 11.7. The Morgan fingerprint density at radius 3 is 3.05 bits per heavy atom. The number of rotatable bonds is 4. The fourth-order valence-electron chi connectivity index (χ4n) is 2.42. The average Bonchev–Trinajstić information content (AvgIpc) is 3.19. The Balaban J connectivity index is 1.75. The van der Waals surface area contributed by atoms with Gasteiger partial charge < -0.3 is 15.4 Å². The molecule has 1 aliphatic rings. The predicted octanol–water partition coefficient (Wildman–Crippen LogP) is 0.583. The summed E-state index contributed by atoms with van der Waals surface area (Å²) in [5, 5.41) is 13.8. The molecule has 2 heterocycles. The van der Waals surface area contributed by atoms with E-state index < -0.39 is 0 Å². The fraction of sp³-hybridized carbons (Fsp3) is 0.357. The minimum absolute atomic E-state index is 0.0675. The number of carbonyl (C=O) groups excluding carboxylic acids is 1. The van der Waals surface area contributed by atoms with Gasteiger partial charge in [0, 0.05) is 13.7 Å². The van der Waals surface area contributed by atoms with Crippen LogP contribution in [0.2, 0.25) is 0 Å². The van der Waals surface area contributed by atoms with E-state index in [0.29, 0.717) is 18.7 Å². The molecule has 1 aliphatic heterocycles. The molecule has 0 saturated carbocycles. The number of nitrogens with one attached hydrogen (secondary N) is 2. The maximum atomic E-state index is 12.3. The predicted molar refractivity (Wildman–Crippen MR) is 77.2 cm³/mol. The third-order valence-electron chi connectivity index (χ3n) is 3.57. The van der Waals surface area contributed by atoms with Crippen molar-refractivity contribution in [2.75, 3.05) is 19.0 Å². The molecule has 0 radical (unpaired) electrons. The molecule has 7 heteroatoms. The van der Waals surface area contributed by atoms with Crippen LogP contribution in [0, 0.1) is 0 Å². The van der Waals surface area contributed by atoms with Crippen molar-refractivity contribution >= 4 is 11.6 Å². The van der Waals surface area contributed by atoms with Gasteiger partial charge in [0.25, 0.3) is 0 Å². The molecule has 1 aromatic heterocycles. The number of benzene rings is 1. The van der Waals surface area contributed by atoms with Crippen LogP contribution in [0.5, 0.6) is 0 Å². The lowest BCUT2D eigenvalue weighted by atomic mass is 10.2. The smallest absolute Gasteiger partial charge is 0.241 e. The first-order valence-corrected chi connectivity index (χ1v) is 6.80. The van der Waals surface area contributed by atoms with Gasteiger partial charge in [-0.05, 0) is 18.6 Å². The molecule has 2 aromatic rings. The van der Waals surface area contributed by atoms with E-state index in [0.717, 1.165) is 5.69 Å². The van der Waals surface area contributed by atoms with Crippen LogP contribution in [0.25, 0.3) is 5.69 Å². The van der Waals surface area contributed by atoms with E-state index in [1.54, 1.807) is 24.2 Å². The summed E-state index contributed by atoms with van der Waals surface area (Å²) in [5.41, 5.74) is 1.49. The second kappa shape index (κ2) is 6.02. The van der Waals surface area contributed by atoms with E-state index in [-0.39, 0.29) is 18.1 Å². The SMILES string of the molecule is COC1CNC(C(=O)Nc2ccccc2-n2ccnn2)C1.